The quantitative estimate of drug-likeness (QED) is 0.936. The van der Waals surface area contributed by atoms with Crippen LogP contribution in [0.25, 0.3) is 11.3 Å². The smallest absolute Gasteiger partial charge is 0.358 e. The van der Waals surface area contributed by atoms with Crippen molar-refractivity contribution in [3.63, 3.8) is 0 Å². The number of halogens is 1. The molecule has 120 valence electrons. The highest BCUT2D eigenvalue weighted by Gasteiger charge is 2.25. The summed E-state index contributed by atoms with van der Waals surface area (Å²) in [4.78, 5) is 13.7. The highest BCUT2D eigenvalue weighted by molar-refractivity contribution is 5.91. The first-order chi connectivity index (χ1) is 11.1. The summed E-state index contributed by atoms with van der Waals surface area (Å²) in [6, 6.07) is 5.74. The number of aromatic nitrogens is 3. The molecular weight excluding hydrogens is 299 g/mol. The van der Waals surface area contributed by atoms with E-state index in [0.717, 1.165) is 31.6 Å². The van der Waals surface area contributed by atoms with E-state index in [1.807, 2.05) is 6.08 Å². The molecule has 0 atom stereocenters. The molecule has 1 aliphatic heterocycles. The average molecular weight is 316 g/mol. The van der Waals surface area contributed by atoms with Crippen LogP contribution in [0.2, 0.25) is 0 Å². The summed E-state index contributed by atoms with van der Waals surface area (Å²) in [7, 11) is 0. The number of nitrogens with zero attached hydrogens (tertiary/aromatic N) is 4. The van der Waals surface area contributed by atoms with Gasteiger partial charge in [-0.1, -0.05) is 18.2 Å². The maximum absolute atomic E-state index is 13.1. The zero-order valence-corrected chi connectivity index (χ0v) is 12.7. The van der Waals surface area contributed by atoms with Crippen LogP contribution in [-0.4, -0.2) is 50.6 Å². The molecule has 0 spiro atoms. The standard InChI is InChI=1S/C16H17FN4O2/c1-2-20-9-7-11(8-10-20)15-14(16(22)23)18-19-21(15)13-5-3-12(17)4-6-13/h3-7H,2,8-10H2,1H3,(H,22,23). The lowest BCUT2D eigenvalue weighted by Gasteiger charge is -2.25. The summed E-state index contributed by atoms with van der Waals surface area (Å²) in [5.41, 5.74) is 1.88. The number of hydrogen-bond donors (Lipinski definition) is 1. The van der Waals surface area contributed by atoms with Gasteiger partial charge in [0.1, 0.15) is 11.5 Å². The fourth-order valence-electron chi connectivity index (χ4n) is 2.69. The molecule has 2 heterocycles. The maximum Gasteiger partial charge on any atom is 0.358 e. The van der Waals surface area contributed by atoms with Crippen LogP contribution in [0.15, 0.2) is 30.3 Å². The molecule has 0 bridgehead atoms. The minimum atomic E-state index is -1.12. The first kappa shape index (κ1) is 15.4. The van der Waals surface area contributed by atoms with Gasteiger partial charge >= 0.3 is 5.97 Å². The number of benzene rings is 1. The molecule has 0 unspecified atom stereocenters. The number of rotatable bonds is 4. The molecule has 1 aliphatic rings. The third-order valence-corrected chi connectivity index (χ3v) is 3.99. The Morgan fingerprint density at radius 2 is 2.09 bits per heavy atom. The van der Waals surface area contributed by atoms with E-state index in [0.29, 0.717) is 11.4 Å². The zero-order valence-electron chi connectivity index (χ0n) is 12.7. The Kier molecular flexibility index (Phi) is 4.20. The SMILES string of the molecule is CCN1CC=C(c2c(C(=O)O)nnn2-c2ccc(F)cc2)CC1. The fourth-order valence-corrected chi connectivity index (χ4v) is 2.69. The Morgan fingerprint density at radius 3 is 2.65 bits per heavy atom. The van der Waals surface area contributed by atoms with Gasteiger partial charge in [-0.2, -0.15) is 0 Å². The van der Waals surface area contributed by atoms with Gasteiger partial charge in [0.2, 0.25) is 0 Å². The number of aromatic carboxylic acids is 1. The van der Waals surface area contributed by atoms with Gasteiger partial charge in [0.15, 0.2) is 5.69 Å². The number of hydrogen-bond acceptors (Lipinski definition) is 4. The predicted molar refractivity (Wildman–Crippen MR) is 83.0 cm³/mol. The molecule has 0 aliphatic carbocycles. The Bertz CT molecular complexity index is 752. The minimum absolute atomic E-state index is 0.0782. The van der Waals surface area contributed by atoms with Gasteiger partial charge in [-0.25, -0.2) is 13.9 Å². The molecule has 0 saturated heterocycles. The van der Waals surface area contributed by atoms with Crippen LogP contribution in [0.1, 0.15) is 29.5 Å². The first-order valence-corrected chi connectivity index (χ1v) is 7.47. The van der Waals surface area contributed by atoms with E-state index < -0.39 is 5.97 Å². The van der Waals surface area contributed by atoms with Gasteiger partial charge in [0.25, 0.3) is 0 Å². The van der Waals surface area contributed by atoms with Crippen molar-refractivity contribution in [1.82, 2.24) is 19.9 Å². The molecule has 0 saturated carbocycles. The molecule has 3 rings (SSSR count). The zero-order chi connectivity index (χ0) is 16.4. The van der Waals surface area contributed by atoms with Crippen molar-refractivity contribution in [2.45, 2.75) is 13.3 Å². The fraction of sp³-hybridized carbons (Fsp3) is 0.312. The van der Waals surface area contributed by atoms with E-state index in [1.165, 1.54) is 16.8 Å². The number of carboxylic acids is 1. The topological polar surface area (TPSA) is 71.2 Å². The van der Waals surface area contributed by atoms with Gasteiger partial charge in [0, 0.05) is 13.1 Å². The van der Waals surface area contributed by atoms with Gasteiger partial charge in [0.05, 0.1) is 5.69 Å². The van der Waals surface area contributed by atoms with E-state index in [4.69, 9.17) is 0 Å². The lowest BCUT2D eigenvalue weighted by molar-refractivity contribution is 0.0690. The second kappa shape index (κ2) is 6.29. The maximum atomic E-state index is 13.1. The Labute approximate surface area is 132 Å². The van der Waals surface area contributed by atoms with Crippen molar-refractivity contribution >= 4 is 11.5 Å². The van der Waals surface area contributed by atoms with Crippen molar-refractivity contribution in [3.8, 4) is 5.69 Å². The summed E-state index contributed by atoms with van der Waals surface area (Å²) < 4.78 is 14.6. The molecule has 1 aromatic carbocycles. The number of carboxylic acid groups (broad SMARTS) is 1. The Balaban J connectivity index is 2.07. The van der Waals surface area contributed by atoms with E-state index in [9.17, 15) is 14.3 Å². The lowest BCUT2D eigenvalue weighted by atomic mass is 10.0. The number of carbonyl (C=O) groups is 1. The molecule has 6 nitrogen and oxygen atoms in total. The van der Waals surface area contributed by atoms with E-state index in [2.05, 4.69) is 22.1 Å². The van der Waals surface area contributed by atoms with Gasteiger partial charge < -0.3 is 5.11 Å². The highest BCUT2D eigenvalue weighted by atomic mass is 19.1. The van der Waals surface area contributed by atoms with Gasteiger partial charge in [-0.3, -0.25) is 4.90 Å². The molecule has 0 amide bonds. The van der Waals surface area contributed by atoms with Gasteiger partial charge in [-0.15, -0.1) is 5.10 Å². The van der Waals surface area contributed by atoms with E-state index in [1.54, 1.807) is 12.1 Å². The minimum Gasteiger partial charge on any atom is -0.476 e. The largest absolute Gasteiger partial charge is 0.476 e. The third kappa shape index (κ3) is 3.00. The van der Waals surface area contributed by atoms with Gasteiger partial charge in [-0.05, 0) is 42.8 Å². The molecule has 0 radical (unpaired) electrons. The van der Waals surface area contributed by atoms with E-state index >= 15 is 0 Å². The van der Waals surface area contributed by atoms with Crippen molar-refractivity contribution in [1.29, 1.82) is 0 Å². The summed E-state index contributed by atoms with van der Waals surface area (Å²) in [5.74, 6) is -1.48. The van der Waals surface area contributed by atoms with Crippen LogP contribution in [0.3, 0.4) is 0 Å². The van der Waals surface area contributed by atoms with Crippen LogP contribution in [0.4, 0.5) is 4.39 Å². The van der Waals surface area contributed by atoms with Crippen molar-refractivity contribution in [3.05, 3.63) is 47.5 Å². The van der Waals surface area contributed by atoms with Crippen LogP contribution in [0.5, 0.6) is 0 Å². The molecule has 7 heteroatoms. The molecular formula is C16H17FN4O2. The van der Waals surface area contributed by atoms with Crippen LogP contribution < -0.4 is 0 Å². The molecule has 2 aromatic rings. The van der Waals surface area contributed by atoms with Crippen molar-refractivity contribution < 1.29 is 14.3 Å². The predicted octanol–water partition coefficient (Wildman–Crippen LogP) is 2.21. The van der Waals surface area contributed by atoms with Crippen LogP contribution in [0, 0.1) is 5.82 Å². The summed E-state index contributed by atoms with van der Waals surface area (Å²) in [6.45, 7) is 4.66. The summed E-state index contributed by atoms with van der Waals surface area (Å²) >= 11 is 0. The molecule has 0 fully saturated rings. The average Bonchev–Trinajstić information content (AvgIpc) is 3.01. The summed E-state index contributed by atoms with van der Waals surface area (Å²) in [6.07, 6.45) is 2.74. The normalized spacial score (nSPS) is 15.5. The molecule has 1 aromatic heterocycles. The Hall–Kier alpha value is -2.54. The third-order valence-electron chi connectivity index (χ3n) is 3.99. The Morgan fingerprint density at radius 1 is 1.35 bits per heavy atom. The summed E-state index contributed by atoms with van der Waals surface area (Å²) in [5, 5.41) is 17.1. The molecule has 1 N–H and O–H groups in total. The lowest BCUT2D eigenvalue weighted by Crippen LogP contribution is -2.28. The first-order valence-electron chi connectivity index (χ1n) is 7.47. The highest BCUT2D eigenvalue weighted by Crippen LogP contribution is 2.26. The van der Waals surface area contributed by atoms with Crippen LogP contribution in [-0.2, 0) is 0 Å². The second-order valence-electron chi connectivity index (χ2n) is 5.35. The second-order valence-corrected chi connectivity index (χ2v) is 5.35. The number of likely N-dealkylation sites (N-methyl/N-ethyl adjacent to an activating group) is 1. The van der Waals surface area contributed by atoms with Crippen molar-refractivity contribution in [2.24, 2.45) is 0 Å². The van der Waals surface area contributed by atoms with Crippen molar-refractivity contribution in [2.75, 3.05) is 19.6 Å². The van der Waals surface area contributed by atoms with Crippen LogP contribution >= 0.6 is 0 Å². The molecule has 23 heavy (non-hydrogen) atoms. The monoisotopic (exact) mass is 316 g/mol. The van der Waals surface area contributed by atoms with E-state index in [-0.39, 0.29) is 11.5 Å².